The number of rotatable bonds is 8. The molecule has 0 atom stereocenters. The molecule has 1 amide bonds. The minimum Gasteiger partial charge on any atom is -0.342 e. The molecule has 2 heterocycles. The first-order valence-electron chi connectivity index (χ1n) is 11.8. The lowest BCUT2D eigenvalue weighted by Gasteiger charge is -2.34. The minimum absolute atomic E-state index is 0.160. The van der Waals surface area contributed by atoms with Gasteiger partial charge in [0, 0.05) is 29.2 Å². The summed E-state index contributed by atoms with van der Waals surface area (Å²) in [6.07, 6.45) is 3.91. The maximum Gasteiger partial charge on any atom is 0.225 e. The molecule has 2 aromatic carbocycles. The summed E-state index contributed by atoms with van der Waals surface area (Å²) in [7, 11) is 0. The molecule has 1 aliphatic rings. The number of carbonyl (C=O) groups excluding carboxylic acids is 1. The van der Waals surface area contributed by atoms with Crippen molar-refractivity contribution in [3.05, 3.63) is 58.8 Å². The van der Waals surface area contributed by atoms with Gasteiger partial charge in [-0.3, -0.25) is 14.3 Å². The lowest BCUT2D eigenvalue weighted by atomic mass is 9.95. The van der Waals surface area contributed by atoms with Gasteiger partial charge in [0.2, 0.25) is 5.91 Å². The zero-order valence-electron chi connectivity index (χ0n) is 19.1. The van der Waals surface area contributed by atoms with Gasteiger partial charge < -0.3 is 4.90 Å². The fourth-order valence-corrected chi connectivity index (χ4v) is 5.14. The average Bonchev–Trinajstić information content (AvgIpc) is 3.17. The summed E-state index contributed by atoms with van der Waals surface area (Å²) in [6, 6.07) is 16.7. The highest BCUT2D eigenvalue weighted by Crippen LogP contribution is 2.26. The number of fused-ring (bicyclic) bond motifs is 1. The lowest BCUT2D eigenvalue weighted by Crippen LogP contribution is -2.43. The Morgan fingerprint density at radius 2 is 1.78 bits per heavy atom. The summed E-state index contributed by atoms with van der Waals surface area (Å²) in [5.74, 6) is 1.57. The van der Waals surface area contributed by atoms with E-state index < -0.39 is 0 Å². The molecule has 5 nitrogen and oxygen atoms in total. The van der Waals surface area contributed by atoms with E-state index in [0.29, 0.717) is 5.91 Å². The van der Waals surface area contributed by atoms with Crippen LogP contribution in [0.25, 0.3) is 16.7 Å². The van der Waals surface area contributed by atoms with E-state index in [1.807, 2.05) is 12.1 Å². The first-order chi connectivity index (χ1) is 15.6. The number of hydrogen-bond acceptors (Lipinski definition) is 3. The van der Waals surface area contributed by atoms with Crippen LogP contribution < -0.4 is 0 Å². The van der Waals surface area contributed by atoms with Crippen LogP contribution in [-0.4, -0.2) is 51.4 Å². The van der Waals surface area contributed by atoms with Crippen molar-refractivity contribution in [1.29, 1.82) is 0 Å². The van der Waals surface area contributed by atoms with Crippen molar-refractivity contribution in [3.63, 3.8) is 0 Å². The van der Waals surface area contributed by atoms with Gasteiger partial charge in [-0.2, -0.15) is 0 Å². The predicted molar refractivity (Wildman–Crippen MR) is 134 cm³/mol. The van der Waals surface area contributed by atoms with Crippen molar-refractivity contribution in [1.82, 2.24) is 19.4 Å². The Hall–Kier alpha value is -2.18. The molecule has 0 radical (unpaired) electrons. The van der Waals surface area contributed by atoms with Gasteiger partial charge in [-0.25, -0.2) is 4.98 Å². The van der Waals surface area contributed by atoms with Gasteiger partial charge in [0.15, 0.2) is 0 Å². The van der Waals surface area contributed by atoms with Gasteiger partial charge in [-0.15, -0.1) is 0 Å². The third kappa shape index (κ3) is 5.07. The summed E-state index contributed by atoms with van der Waals surface area (Å²) < 4.78 is 3.32. The molecule has 0 aliphatic carbocycles. The average molecular weight is 497 g/mol. The lowest BCUT2D eigenvalue weighted by molar-refractivity contribution is -0.137. The summed E-state index contributed by atoms with van der Waals surface area (Å²) >= 11 is 3.61. The molecular formula is C26H33BrN4O. The SMILES string of the molecule is CCCN(CCC)C(=O)C1CCN(Cc2nc3ccccc3n2-c2cccc(Br)c2)CC1. The van der Waals surface area contributed by atoms with E-state index in [4.69, 9.17) is 4.98 Å². The van der Waals surface area contributed by atoms with Crippen LogP contribution in [0.5, 0.6) is 0 Å². The van der Waals surface area contributed by atoms with Crippen LogP contribution in [0.15, 0.2) is 53.0 Å². The van der Waals surface area contributed by atoms with Gasteiger partial charge in [-0.05, 0) is 69.1 Å². The number of carbonyl (C=O) groups is 1. The normalized spacial score (nSPS) is 15.3. The number of likely N-dealkylation sites (tertiary alicyclic amines) is 1. The largest absolute Gasteiger partial charge is 0.342 e. The van der Waals surface area contributed by atoms with Crippen molar-refractivity contribution in [2.75, 3.05) is 26.2 Å². The van der Waals surface area contributed by atoms with Crippen molar-refractivity contribution in [2.24, 2.45) is 5.92 Å². The standard InChI is InChI=1S/C26H33BrN4O/c1-3-14-30(15-4-2)26(32)20-12-16-29(17-13-20)19-25-28-23-10-5-6-11-24(23)31(25)22-9-7-8-21(27)18-22/h5-11,18,20H,3-4,12-17,19H2,1-2H3. The van der Waals surface area contributed by atoms with Crippen LogP contribution in [0.2, 0.25) is 0 Å². The Morgan fingerprint density at radius 3 is 2.47 bits per heavy atom. The first-order valence-corrected chi connectivity index (χ1v) is 12.6. The number of halogens is 1. The second kappa shape index (κ2) is 10.6. The Labute approximate surface area is 199 Å². The molecule has 1 fully saturated rings. The van der Waals surface area contributed by atoms with E-state index in [1.165, 1.54) is 0 Å². The highest BCUT2D eigenvalue weighted by Gasteiger charge is 2.28. The predicted octanol–water partition coefficient (Wildman–Crippen LogP) is 5.65. The van der Waals surface area contributed by atoms with Crippen LogP contribution >= 0.6 is 15.9 Å². The summed E-state index contributed by atoms with van der Waals surface area (Å²) in [6.45, 7) is 8.71. The van der Waals surface area contributed by atoms with Crippen molar-refractivity contribution in [3.8, 4) is 5.69 Å². The second-order valence-electron chi connectivity index (χ2n) is 8.71. The number of piperidine rings is 1. The molecule has 1 saturated heterocycles. The van der Waals surface area contributed by atoms with E-state index in [-0.39, 0.29) is 5.92 Å². The Kier molecular flexibility index (Phi) is 7.63. The monoisotopic (exact) mass is 496 g/mol. The van der Waals surface area contributed by atoms with E-state index in [9.17, 15) is 4.79 Å². The molecule has 0 saturated carbocycles. The molecule has 3 aromatic rings. The van der Waals surface area contributed by atoms with E-state index in [1.54, 1.807) is 0 Å². The summed E-state index contributed by atoms with van der Waals surface area (Å²) in [5.41, 5.74) is 3.26. The third-order valence-corrected chi connectivity index (χ3v) is 6.79. The van der Waals surface area contributed by atoms with Gasteiger partial charge in [0.1, 0.15) is 5.82 Å². The highest BCUT2D eigenvalue weighted by atomic mass is 79.9. The quantitative estimate of drug-likeness (QED) is 0.404. The number of hydrogen-bond donors (Lipinski definition) is 0. The van der Waals surface area contributed by atoms with Crippen LogP contribution in [0, 0.1) is 5.92 Å². The maximum atomic E-state index is 13.0. The van der Waals surface area contributed by atoms with Crippen LogP contribution in [0.3, 0.4) is 0 Å². The number of aromatic nitrogens is 2. The molecule has 0 N–H and O–H groups in total. The molecule has 32 heavy (non-hydrogen) atoms. The van der Waals surface area contributed by atoms with E-state index >= 15 is 0 Å². The molecular weight excluding hydrogens is 464 g/mol. The van der Waals surface area contributed by atoms with Gasteiger partial charge in [-0.1, -0.05) is 48.0 Å². The van der Waals surface area contributed by atoms with Gasteiger partial charge in [0.05, 0.1) is 17.6 Å². The molecule has 6 heteroatoms. The van der Waals surface area contributed by atoms with Crippen molar-refractivity contribution < 1.29 is 4.79 Å². The molecule has 0 bridgehead atoms. The zero-order chi connectivity index (χ0) is 22.5. The molecule has 1 aromatic heterocycles. The van der Waals surface area contributed by atoms with Crippen LogP contribution in [-0.2, 0) is 11.3 Å². The number of amides is 1. The van der Waals surface area contributed by atoms with Gasteiger partial charge in [0.25, 0.3) is 0 Å². The Morgan fingerprint density at radius 1 is 1.06 bits per heavy atom. The number of nitrogens with zero attached hydrogens (tertiary/aromatic N) is 4. The Balaban J connectivity index is 1.49. The van der Waals surface area contributed by atoms with E-state index in [2.05, 4.69) is 80.5 Å². The smallest absolute Gasteiger partial charge is 0.225 e. The Bertz CT molecular complexity index is 1050. The summed E-state index contributed by atoms with van der Waals surface area (Å²) in [5, 5.41) is 0. The van der Waals surface area contributed by atoms with Gasteiger partial charge >= 0.3 is 0 Å². The van der Waals surface area contributed by atoms with Crippen LogP contribution in [0.4, 0.5) is 0 Å². The molecule has 0 spiro atoms. The number of para-hydroxylation sites is 2. The fourth-order valence-electron chi connectivity index (χ4n) is 4.75. The van der Waals surface area contributed by atoms with Crippen LogP contribution in [0.1, 0.15) is 45.4 Å². The topological polar surface area (TPSA) is 41.4 Å². The third-order valence-electron chi connectivity index (χ3n) is 6.30. The number of imidazole rings is 1. The zero-order valence-corrected chi connectivity index (χ0v) is 20.7. The first kappa shape index (κ1) is 23.0. The maximum absolute atomic E-state index is 13.0. The van der Waals surface area contributed by atoms with E-state index in [0.717, 1.165) is 85.4 Å². The van der Waals surface area contributed by atoms with Crippen molar-refractivity contribution >= 4 is 32.9 Å². The van der Waals surface area contributed by atoms with Crippen molar-refractivity contribution in [2.45, 2.75) is 46.1 Å². The number of benzene rings is 2. The molecule has 170 valence electrons. The molecule has 4 rings (SSSR count). The minimum atomic E-state index is 0.160. The molecule has 1 aliphatic heterocycles. The highest BCUT2D eigenvalue weighted by molar-refractivity contribution is 9.10. The summed E-state index contributed by atoms with van der Waals surface area (Å²) in [4.78, 5) is 22.5. The molecule has 0 unspecified atom stereocenters. The fraction of sp³-hybridized carbons (Fsp3) is 0.462. The second-order valence-corrected chi connectivity index (χ2v) is 9.62.